The molecule has 3 nitrogen and oxygen atoms in total. The number of hydrogen-bond donors (Lipinski definition) is 1. The number of thiophene rings is 1. The molecule has 327 valence electrons. The zero-order chi connectivity index (χ0) is 46.1. The zero-order valence-corrected chi connectivity index (χ0v) is 40.7. The molecule has 0 bridgehead atoms. The lowest BCUT2D eigenvalue weighted by molar-refractivity contribution is 0.590. The fourth-order valence-corrected chi connectivity index (χ4v) is 11.7. The van der Waals surface area contributed by atoms with E-state index in [1.54, 1.807) is 0 Å². The molecule has 0 unspecified atom stereocenters. The van der Waals surface area contributed by atoms with E-state index < -0.39 is 0 Å². The van der Waals surface area contributed by atoms with E-state index in [4.69, 9.17) is 4.42 Å². The van der Waals surface area contributed by atoms with Gasteiger partial charge in [0.05, 0.1) is 11.0 Å². The second-order valence-corrected chi connectivity index (χ2v) is 22.7. The van der Waals surface area contributed by atoms with Crippen LogP contribution in [0.15, 0.2) is 162 Å². The minimum Gasteiger partial charge on any atom is -0.455 e. The van der Waals surface area contributed by atoms with Crippen LogP contribution < -0.4 is 16.2 Å². The molecule has 5 heteroatoms. The highest BCUT2D eigenvalue weighted by molar-refractivity contribution is 7.27. The lowest BCUT2D eigenvalue weighted by Gasteiger charge is -2.27. The van der Waals surface area contributed by atoms with Crippen LogP contribution in [0, 0.1) is 0 Å². The molecular formula is C62H54BN2OS. The molecule has 0 amide bonds. The van der Waals surface area contributed by atoms with E-state index in [2.05, 4.69) is 237 Å². The third-order valence-corrected chi connectivity index (χ3v) is 15.3. The van der Waals surface area contributed by atoms with Gasteiger partial charge >= 0.3 is 0 Å². The predicted molar refractivity (Wildman–Crippen MR) is 291 cm³/mol. The first kappa shape index (κ1) is 41.6. The molecule has 3 aromatic heterocycles. The normalized spacial score (nSPS) is 13.0. The van der Waals surface area contributed by atoms with Crippen LogP contribution in [0.4, 0.5) is 11.4 Å². The summed E-state index contributed by atoms with van der Waals surface area (Å²) in [6.45, 7) is 20.8. The summed E-state index contributed by atoms with van der Waals surface area (Å²) in [6.07, 6.45) is 0. The summed E-state index contributed by atoms with van der Waals surface area (Å²) in [4.78, 5) is 0. The monoisotopic (exact) mass is 885 g/mol. The molecule has 0 aliphatic carbocycles. The number of aromatic nitrogens is 1. The number of nitrogens with one attached hydrogen (secondary N) is 1. The number of furan rings is 1. The van der Waals surface area contributed by atoms with Crippen molar-refractivity contribution in [3.8, 4) is 39.3 Å². The minimum atomic E-state index is -0.0782. The topological polar surface area (TPSA) is 30.1 Å². The van der Waals surface area contributed by atoms with E-state index in [1.807, 2.05) is 11.3 Å². The second kappa shape index (κ2) is 14.8. The Kier molecular flexibility index (Phi) is 9.22. The van der Waals surface area contributed by atoms with Crippen molar-refractivity contribution in [2.45, 2.75) is 78.6 Å². The molecule has 11 aromatic rings. The van der Waals surface area contributed by atoms with Gasteiger partial charge < -0.3 is 14.3 Å². The molecule has 1 aliphatic rings. The van der Waals surface area contributed by atoms with Crippen LogP contribution in [0.3, 0.4) is 0 Å². The van der Waals surface area contributed by atoms with Crippen LogP contribution in [0.25, 0.3) is 92.2 Å². The van der Waals surface area contributed by atoms with E-state index in [1.165, 1.54) is 75.3 Å². The Morgan fingerprint density at radius 1 is 0.537 bits per heavy atom. The van der Waals surface area contributed by atoms with Crippen LogP contribution in [0.5, 0.6) is 0 Å². The minimum absolute atomic E-state index is 0.0324. The van der Waals surface area contributed by atoms with Gasteiger partial charge in [0.2, 0.25) is 0 Å². The Labute approximate surface area is 398 Å². The van der Waals surface area contributed by atoms with Gasteiger partial charge in [-0.15, -0.1) is 11.3 Å². The van der Waals surface area contributed by atoms with Crippen LogP contribution in [0.2, 0.25) is 0 Å². The van der Waals surface area contributed by atoms with E-state index in [-0.39, 0.29) is 16.2 Å². The fourth-order valence-electron chi connectivity index (χ4n) is 10.5. The molecule has 0 spiro atoms. The molecule has 12 rings (SSSR count). The molecule has 0 fully saturated rings. The molecule has 0 saturated heterocycles. The SMILES string of the molecule is CC(C)(C)c1ccc(Nc2ccc(C(C)(C)C)cc2-c2c3c4c(c5cc(C(C)(C)C)ccc5n4-c4cc5c(-c6ccccc6)c(-c6ccccc6)oc5cc4[B]3)c3sc4ccccc4c23)cc1. The van der Waals surface area contributed by atoms with Crippen molar-refractivity contribution in [3.63, 3.8) is 0 Å². The van der Waals surface area contributed by atoms with Crippen LogP contribution in [-0.2, 0) is 16.2 Å². The van der Waals surface area contributed by atoms with Crippen LogP contribution >= 0.6 is 11.3 Å². The van der Waals surface area contributed by atoms with Gasteiger partial charge in [-0.1, -0.05) is 171 Å². The van der Waals surface area contributed by atoms with Crippen molar-refractivity contribution < 1.29 is 4.42 Å². The first-order chi connectivity index (χ1) is 32.1. The predicted octanol–water partition coefficient (Wildman–Crippen LogP) is 16.5. The highest BCUT2D eigenvalue weighted by Gasteiger charge is 2.33. The standard InChI is InChI=1S/C62H54BN2OS/c1-60(2,3)38-24-28-41(29-25-38)64-47-30-26-39(61(4,5)6)32-43(47)53-54-42-22-16-17-23-51(42)67-59(54)55-44-33-40(62(7,8)9)27-31-48(44)65-49-34-45-50(35-46(49)63-56(53)57(55)65)66-58(37-20-14-11-15-21-37)52(45)36-18-12-10-13-19-36/h10-35,64H,1-9H3. The van der Waals surface area contributed by atoms with Gasteiger partial charge in [0.1, 0.15) is 11.3 Å². The van der Waals surface area contributed by atoms with Gasteiger partial charge in [0.25, 0.3) is 0 Å². The molecule has 8 aromatic carbocycles. The van der Waals surface area contributed by atoms with Crippen molar-refractivity contribution in [1.82, 2.24) is 4.57 Å². The van der Waals surface area contributed by atoms with Gasteiger partial charge in [-0.3, -0.25) is 0 Å². The smallest absolute Gasteiger partial charge is 0.198 e. The summed E-state index contributed by atoms with van der Waals surface area (Å²) in [5, 5.41) is 10.3. The van der Waals surface area contributed by atoms with Crippen LogP contribution in [-0.4, -0.2) is 11.8 Å². The van der Waals surface area contributed by atoms with Crippen molar-refractivity contribution in [2.24, 2.45) is 0 Å². The maximum Gasteiger partial charge on any atom is 0.198 e. The highest BCUT2D eigenvalue weighted by Crippen LogP contribution is 2.50. The van der Waals surface area contributed by atoms with Crippen molar-refractivity contribution in [3.05, 3.63) is 174 Å². The molecule has 0 atom stereocenters. The second-order valence-electron chi connectivity index (χ2n) is 21.7. The molecule has 1 aliphatic heterocycles. The molecule has 0 saturated carbocycles. The first-order valence-electron chi connectivity index (χ1n) is 23.7. The highest BCUT2D eigenvalue weighted by atomic mass is 32.1. The molecule has 4 heterocycles. The lowest BCUT2D eigenvalue weighted by Crippen LogP contribution is -2.37. The number of nitrogens with zero attached hydrogens (tertiary/aromatic N) is 1. The van der Waals surface area contributed by atoms with Gasteiger partial charge in [0, 0.05) is 70.1 Å². The Morgan fingerprint density at radius 2 is 1.16 bits per heavy atom. The summed E-state index contributed by atoms with van der Waals surface area (Å²) < 4.78 is 12.3. The van der Waals surface area contributed by atoms with Crippen LogP contribution in [0.1, 0.15) is 79.0 Å². The average Bonchev–Trinajstić information content (AvgIpc) is 3.99. The number of anilines is 2. The number of hydrogen-bond acceptors (Lipinski definition) is 3. The first-order valence-corrected chi connectivity index (χ1v) is 24.5. The van der Waals surface area contributed by atoms with E-state index in [0.717, 1.165) is 55.9 Å². The van der Waals surface area contributed by atoms with Crippen molar-refractivity contribution >= 4 is 93.9 Å². The summed E-state index contributed by atoms with van der Waals surface area (Å²) in [6, 6.07) is 58.4. The maximum atomic E-state index is 7.05. The average molecular weight is 886 g/mol. The molecular weight excluding hydrogens is 832 g/mol. The summed E-state index contributed by atoms with van der Waals surface area (Å²) in [5.74, 6) is 0.886. The van der Waals surface area contributed by atoms with Gasteiger partial charge in [-0.2, -0.15) is 0 Å². The Morgan fingerprint density at radius 3 is 1.87 bits per heavy atom. The third-order valence-electron chi connectivity index (χ3n) is 14.1. The summed E-state index contributed by atoms with van der Waals surface area (Å²) >= 11 is 1.93. The van der Waals surface area contributed by atoms with Crippen molar-refractivity contribution in [1.29, 1.82) is 0 Å². The molecule has 1 N–H and O–H groups in total. The summed E-state index contributed by atoms with van der Waals surface area (Å²) in [7, 11) is 2.47. The van der Waals surface area contributed by atoms with E-state index in [9.17, 15) is 0 Å². The van der Waals surface area contributed by atoms with Crippen molar-refractivity contribution in [2.75, 3.05) is 5.32 Å². The number of rotatable bonds is 5. The molecule has 67 heavy (non-hydrogen) atoms. The van der Waals surface area contributed by atoms with Gasteiger partial charge in [-0.25, -0.2) is 0 Å². The quantitative estimate of drug-likeness (QED) is 0.175. The summed E-state index contributed by atoms with van der Waals surface area (Å²) in [5.41, 5.74) is 18.7. The fraction of sp³-hybridized carbons (Fsp3) is 0.194. The Bertz CT molecular complexity index is 3770. The number of benzene rings is 8. The van der Waals surface area contributed by atoms with E-state index >= 15 is 0 Å². The number of fused-ring (bicyclic) bond motifs is 10. The van der Waals surface area contributed by atoms with E-state index in [0.29, 0.717) is 0 Å². The maximum absolute atomic E-state index is 7.05. The largest absolute Gasteiger partial charge is 0.455 e. The third kappa shape index (κ3) is 6.68. The van der Waals surface area contributed by atoms with Gasteiger partial charge in [0.15, 0.2) is 7.28 Å². The lowest BCUT2D eigenvalue weighted by atomic mass is 9.58. The Hall–Kier alpha value is -6.82. The van der Waals surface area contributed by atoms with Gasteiger partial charge in [-0.05, 0) is 104 Å². The molecule has 1 radical (unpaired) electrons. The Balaban J connectivity index is 1.22. The zero-order valence-electron chi connectivity index (χ0n) is 39.9.